The molecule has 0 bridgehead atoms. The van der Waals surface area contributed by atoms with Crippen LogP contribution < -0.4 is 10.1 Å². The molecule has 0 amide bonds. The molecule has 0 aliphatic carbocycles. The first-order valence-electron chi connectivity index (χ1n) is 7.19. The van der Waals surface area contributed by atoms with Gasteiger partial charge in [0.1, 0.15) is 12.1 Å². The summed E-state index contributed by atoms with van der Waals surface area (Å²) in [5.74, 6) is 0.425. The lowest BCUT2D eigenvalue weighted by molar-refractivity contribution is -0.385. The van der Waals surface area contributed by atoms with Gasteiger partial charge in [-0.1, -0.05) is 35.9 Å². The summed E-state index contributed by atoms with van der Waals surface area (Å²) >= 11 is 0. The Morgan fingerprint density at radius 2 is 1.75 bits per heavy atom. The number of nitrogens with zero attached hydrogens (tertiary/aromatic N) is 3. The van der Waals surface area contributed by atoms with E-state index in [1.807, 2.05) is 37.3 Å². The third kappa shape index (κ3) is 3.46. The van der Waals surface area contributed by atoms with Gasteiger partial charge in [-0.3, -0.25) is 10.1 Å². The van der Waals surface area contributed by atoms with E-state index in [0.717, 1.165) is 5.56 Å². The largest absolute Gasteiger partial charge is 0.434 e. The molecule has 1 aromatic heterocycles. The number of rotatable bonds is 5. The molecule has 1 heterocycles. The molecule has 0 fully saturated rings. The van der Waals surface area contributed by atoms with Crippen LogP contribution >= 0.6 is 0 Å². The second-order valence-electron chi connectivity index (χ2n) is 5.04. The topological polar surface area (TPSA) is 90.2 Å². The third-order valence-electron chi connectivity index (χ3n) is 3.24. The average molecular weight is 322 g/mol. The van der Waals surface area contributed by atoms with Gasteiger partial charge in [0, 0.05) is 5.69 Å². The van der Waals surface area contributed by atoms with Crippen LogP contribution in [0.1, 0.15) is 5.56 Å². The van der Waals surface area contributed by atoms with Gasteiger partial charge in [-0.2, -0.15) is 4.98 Å². The summed E-state index contributed by atoms with van der Waals surface area (Å²) in [5, 5.41) is 14.4. The molecule has 1 N–H and O–H groups in total. The van der Waals surface area contributed by atoms with Gasteiger partial charge >= 0.3 is 11.6 Å². The molecule has 0 radical (unpaired) electrons. The zero-order valence-electron chi connectivity index (χ0n) is 12.8. The van der Waals surface area contributed by atoms with E-state index in [9.17, 15) is 10.1 Å². The van der Waals surface area contributed by atoms with Crippen LogP contribution in [0.15, 0.2) is 60.9 Å². The monoisotopic (exact) mass is 322 g/mol. The first-order chi connectivity index (χ1) is 11.6. The predicted molar refractivity (Wildman–Crippen MR) is 89.7 cm³/mol. The Kier molecular flexibility index (Phi) is 4.33. The molecule has 0 aliphatic rings. The molecule has 0 saturated heterocycles. The van der Waals surface area contributed by atoms with Gasteiger partial charge < -0.3 is 10.1 Å². The van der Waals surface area contributed by atoms with Gasteiger partial charge in [0.25, 0.3) is 0 Å². The number of hydrogen-bond acceptors (Lipinski definition) is 6. The lowest BCUT2D eigenvalue weighted by atomic mass is 10.2. The molecule has 0 spiro atoms. The first-order valence-corrected chi connectivity index (χ1v) is 7.19. The highest BCUT2D eigenvalue weighted by atomic mass is 16.6. The summed E-state index contributed by atoms with van der Waals surface area (Å²) in [5.41, 5.74) is 1.42. The Morgan fingerprint density at radius 1 is 1.04 bits per heavy atom. The van der Waals surface area contributed by atoms with Gasteiger partial charge in [-0.15, -0.1) is 0 Å². The maximum absolute atomic E-state index is 11.5. The summed E-state index contributed by atoms with van der Waals surface area (Å²) in [6.07, 6.45) is 1.22. The van der Waals surface area contributed by atoms with Gasteiger partial charge in [0.2, 0.25) is 5.82 Å². The fourth-order valence-electron chi connectivity index (χ4n) is 2.07. The van der Waals surface area contributed by atoms with Crippen molar-refractivity contribution in [2.45, 2.75) is 6.92 Å². The summed E-state index contributed by atoms with van der Waals surface area (Å²) in [4.78, 5) is 18.8. The Bertz CT molecular complexity index is 851. The molecule has 0 aliphatic heterocycles. The number of ether oxygens (including phenoxy) is 1. The van der Waals surface area contributed by atoms with E-state index in [1.165, 1.54) is 6.33 Å². The van der Waals surface area contributed by atoms with E-state index in [2.05, 4.69) is 15.3 Å². The highest BCUT2D eigenvalue weighted by Crippen LogP contribution is 2.35. The SMILES string of the molecule is Cc1ccc(Oc2ncnc(Nc3ccccc3)c2[N+](=O)[O-])cc1. The quantitative estimate of drug-likeness (QED) is 0.558. The second-order valence-corrected chi connectivity index (χ2v) is 5.04. The maximum Gasteiger partial charge on any atom is 0.373 e. The molecule has 7 heteroatoms. The van der Waals surface area contributed by atoms with Crippen LogP contribution in [0.4, 0.5) is 17.2 Å². The van der Waals surface area contributed by atoms with Crippen molar-refractivity contribution in [3.63, 3.8) is 0 Å². The summed E-state index contributed by atoms with van der Waals surface area (Å²) in [6.45, 7) is 1.94. The highest BCUT2D eigenvalue weighted by molar-refractivity contribution is 5.68. The van der Waals surface area contributed by atoms with Crippen molar-refractivity contribution in [3.8, 4) is 11.6 Å². The van der Waals surface area contributed by atoms with Crippen molar-refractivity contribution < 1.29 is 9.66 Å². The molecule has 7 nitrogen and oxygen atoms in total. The zero-order valence-corrected chi connectivity index (χ0v) is 12.8. The number of aryl methyl sites for hydroxylation is 1. The van der Waals surface area contributed by atoms with Crippen molar-refractivity contribution in [2.75, 3.05) is 5.32 Å². The molecule has 0 unspecified atom stereocenters. The van der Waals surface area contributed by atoms with Crippen LogP contribution in [0, 0.1) is 17.0 Å². The molecular formula is C17H14N4O3. The second kappa shape index (κ2) is 6.74. The van der Waals surface area contributed by atoms with Crippen molar-refractivity contribution >= 4 is 17.2 Å². The van der Waals surface area contributed by atoms with Crippen LogP contribution in [-0.2, 0) is 0 Å². The van der Waals surface area contributed by atoms with Gasteiger partial charge in [-0.25, -0.2) is 4.98 Å². The summed E-state index contributed by atoms with van der Waals surface area (Å²) in [7, 11) is 0. The van der Waals surface area contributed by atoms with E-state index in [0.29, 0.717) is 11.4 Å². The minimum atomic E-state index is -0.561. The minimum absolute atomic E-state index is 0.0725. The highest BCUT2D eigenvalue weighted by Gasteiger charge is 2.25. The predicted octanol–water partition coefficient (Wildman–Crippen LogP) is 4.23. The normalized spacial score (nSPS) is 10.2. The molecule has 0 saturated carbocycles. The lowest BCUT2D eigenvalue weighted by Gasteiger charge is -2.09. The Morgan fingerprint density at radius 3 is 2.42 bits per heavy atom. The third-order valence-corrected chi connectivity index (χ3v) is 3.24. The molecule has 2 aromatic carbocycles. The van der Waals surface area contributed by atoms with Gasteiger partial charge in [-0.05, 0) is 31.2 Å². The number of anilines is 2. The number of hydrogen-bond donors (Lipinski definition) is 1. The van der Waals surface area contributed by atoms with Crippen molar-refractivity contribution in [1.82, 2.24) is 9.97 Å². The molecule has 3 aromatic rings. The number of benzene rings is 2. The number of nitrogens with one attached hydrogen (secondary N) is 1. The van der Waals surface area contributed by atoms with Crippen LogP contribution in [0.25, 0.3) is 0 Å². The van der Waals surface area contributed by atoms with Crippen LogP contribution in [-0.4, -0.2) is 14.9 Å². The number of para-hydroxylation sites is 1. The Hall–Kier alpha value is -3.48. The first kappa shape index (κ1) is 15.4. The Labute approximate surface area is 138 Å². The van der Waals surface area contributed by atoms with Gasteiger partial charge in [0.05, 0.1) is 4.92 Å². The molecule has 3 rings (SSSR count). The Balaban J connectivity index is 1.96. The molecular weight excluding hydrogens is 308 g/mol. The fraction of sp³-hybridized carbons (Fsp3) is 0.0588. The molecule has 24 heavy (non-hydrogen) atoms. The summed E-state index contributed by atoms with van der Waals surface area (Å²) in [6, 6.07) is 16.2. The minimum Gasteiger partial charge on any atom is -0.434 e. The fourth-order valence-corrected chi connectivity index (χ4v) is 2.07. The van der Waals surface area contributed by atoms with E-state index in [1.54, 1.807) is 24.3 Å². The van der Waals surface area contributed by atoms with Crippen molar-refractivity contribution in [3.05, 3.63) is 76.6 Å². The average Bonchev–Trinajstić information content (AvgIpc) is 2.58. The van der Waals surface area contributed by atoms with Crippen molar-refractivity contribution in [1.29, 1.82) is 0 Å². The van der Waals surface area contributed by atoms with E-state index >= 15 is 0 Å². The standard InChI is InChI=1S/C17H14N4O3/c1-12-7-9-14(10-8-12)24-17-15(21(22)23)16(18-11-19-17)20-13-5-3-2-4-6-13/h2-11H,1H3,(H,18,19,20). The van der Waals surface area contributed by atoms with Crippen LogP contribution in [0.2, 0.25) is 0 Å². The smallest absolute Gasteiger partial charge is 0.373 e. The zero-order chi connectivity index (χ0) is 16.9. The lowest BCUT2D eigenvalue weighted by Crippen LogP contribution is -2.03. The summed E-state index contributed by atoms with van der Waals surface area (Å²) < 4.78 is 5.57. The van der Waals surface area contributed by atoms with E-state index < -0.39 is 4.92 Å². The van der Waals surface area contributed by atoms with E-state index in [-0.39, 0.29) is 17.4 Å². The molecule has 120 valence electrons. The maximum atomic E-state index is 11.5. The van der Waals surface area contributed by atoms with E-state index in [4.69, 9.17) is 4.74 Å². The molecule has 0 atom stereocenters. The van der Waals surface area contributed by atoms with Crippen LogP contribution in [0.3, 0.4) is 0 Å². The van der Waals surface area contributed by atoms with Gasteiger partial charge in [0.15, 0.2) is 0 Å². The number of aromatic nitrogens is 2. The van der Waals surface area contributed by atoms with Crippen LogP contribution in [0.5, 0.6) is 11.6 Å². The van der Waals surface area contributed by atoms with Crippen molar-refractivity contribution in [2.24, 2.45) is 0 Å². The number of nitro groups is 1.